The third-order valence-electron chi connectivity index (χ3n) is 11.4. The summed E-state index contributed by atoms with van der Waals surface area (Å²) < 4.78 is 0. The molecular weight excluding hydrogens is 596 g/mol. The second-order valence-electron chi connectivity index (χ2n) is 21.9. The van der Waals surface area contributed by atoms with Crippen LogP contribution in [0.5, 0.6) is 0 Å². The second kappa shape index (κ2) is 12.8. The van der Waals surface area contributed by atoms with E-state index in [0.29, 0.717) is 0 Å². The molecule has 48 heavy (non-hydrogen) atoms. The Morgan fingerprint density at radius 1 is 0.375 bits per heavy atom. The maximum atomic E-state index is 14.8. The average Bonchev–Trinajstić information content (AvgIpc) is 2.74. The van der Waals surface area contributed by atoms with E-state index >= 15 is 0 Å². The fourth-order valence-corrected chi connectivity index (χ4v) is 11.7. The van der Waals surface area contributed by atoms with Crippen LogP contribution in [0.2, 0.25) is 0 Å². The molecule has 4 N–H and O–H groups in total. The molecule has 0 bridgehead atoms. The summed E-state index contributed by atoms with van der Waals surface area (Å²) in [6.45, 7) is 36.3. The third-order valence-corrected chi connectivity index (χ3v) is 11.4. The number of hydrogen-bond acceptors (Lipinski definition) is 6. The zero-order valence-electron chi connectivity index (χ0n) is 34.1. The molecule has 2 amide bonds. The van der Waals surface area contributed by atoms with E-state index in [9.17, 15) is 9.59 Å². The van der Waals surface area contributed by atoms with Crippen molar-refractivity contribution in [3.8, 4) is 0 Å². The Morgan fingerprint density at radius 2 is 0.521 bits per heavy atom. The molecule has 278 valence electrons. The summed E-state index contributed by atoms with van der Waals surface area (Å²) in [5, 5.41) is 15.3. The normalized spacial score (nSPS) is 29.6. The Hall–Kier alpha value is -1.22. The molecular formula is C40H76N6O2. The summed E-state index contributed by atoms with van der Waals surface area (Å²) in [7, 11) is 0. The van der Waals surface area contributed by atoms with Crippen molar-refractivity contribution in [2.24, 2.45) is 0 Å². The van der Waals surface area contributed by atoms with Crippen LogP contribution in [-0.2, 0) is 9.59 Å². The minimum Gasteiger partial charge on any atom is -0.336 e. The topological polar surface area (TPSA) is 88.7 Å². The lowest BCUT2D eigenvalue weighted by Gasteiger charge is -2.55. The van der Waals surface area contributed by atoms with E-state index in [1.54, 1.807) is 0 Å². The van der Waals surface area contributed by atoms with Gasteiger partial charge in [0.1, 0.15) is 0 Å². The summed E-state index contributed by atoms with van der Waals surface area (Å²) in [6.07, 6.45) is 7.79. The van der Waals surface area contributed by atoms with Crippen molar-refractivity contribution in [1.82, 2.24) is 31.1 Å². The van der Waals surface area contributed by atoms with Crippen LogP contribution in [0.25, 0.3) is 0 Å². The zero-order valence-corrected chi connectivity index (χ0v) is 34.1. The minimum absolute atomic E-state index is 0.0846. The Morgan fingerprint density at radius 3 is 0.667 bits per heavy atom. The smallest absolute Gasteiger partial charge is 0.223 e. The third kappa shape index (κ3) is 10.2. The molecule has 4 saturated heterocycles. The van der Waals surface area contributed by atoms with Gasteiger partial charge in [0.15, 0.2) is 0 Å². The van der Waals surface area contributed by atoms with Crippen LogP contribution in [0.4, 0.5) is 0 Å². The fraction of sp³-hybridized carbons (Fsp3) is 0.950. The molecule has 4 aliphatic heterocycles. The average molecular weight is 673 g/mol. The maximum Gasteiger partial charge on any atom is 0.223 e. The molecule has 0 saturated carbocycles. The number of amides is 2. The predicted octanol–water partition coefficient (Wildman–Crippen LogP) is 6.66. The van der Waals surface area contributed by atoms with Crippen molar-refractivity contribution < 1.29 is 9.59 Å². The number of carbonyl (C=O) groups excluding carboxylic acids is 2. The molecule has 4 aliphatic rings. The van der Waals surface area contributed by atoms with Gasteiger partial charge in [0, 0.05) is 81.3 Å². The summed E-state index contributed by atoms with van der Waals surface area (Å²) >= 11 is 0. The number of nitrogens with one attached hydrogen (secondary N) is 4. The molecule has 0 aromatic rings. The highest BCUT2D eigenvalue weighted by Crippen LogP contribution is 2.40. The van der Waals surface area contributed by atoms with Gasteiger partial charge in [-0.05, 0) is 162 Å². The Balaban J connectivity index is 1.65. The monoisotopic (exact) mass is 673 g/mol. The van der Waals surface area contributed by atoms with Crippen LogP contribution in [0.15, 0.2) is 0 Å². The molecule has 0 aromatic heterocycles. The molecule has 8 heteroatoms. The van der Waals surface area contributed by atoms with Crippen LogP contribution in [0, 0.1) is 0 Å². The minimum atomic E-state index is -0.0846. The van der Waals surface area contributed by atoms with Gasteiger partial charge in [-0.25, -0.2) is 0 Å². The first-order chi connectivity index (χ1) is 21.4. The molecule has 8 nitrogen and oxygen atoms in total. The van der Waals surface area contributed by atoms with E-state index in [1.165, 1.54) is 0 Å². The van der Waals surface area contributed by atoms with Crippen molar-refractivity contribution in [1.29, 1.82) is 0 Å². The van der Waals surface area contributed by atoms with E-state index in [2.05, 4.69) is 142 Å². The first kappa shape index (κ1) is 39.6. The number of hydrogen-bond donors (Lipinski definition) is 4. The van der Waals surface area contributed by atoms with E-state index < -0.39 is 0 Å². The quantitative estimate of drug-likeness (QED) is 0.242. The van der Waals surface area contributed by atoms with Crippen molar-refractivity contribution in [3.05, 3.63) is 0 Å². The summed E-state index contributed by atoms with van der Waals surface area (Å²) in [6, 6.07) is 0.506. The van der Waals surface area contributed by atoms with E-state index in [4.69, 9.17) is 0 Å². The highest BCUT2D eigenvalue weighted by atomic mass is 16.2. The molecule has 0 atom stereocenters. The Labute approximate surface area is 295 Å². The zero-order chi connectivity index (χ0) is 36.5. The molecule has 4 heterocycles. The fourth-order valence-electron chi connectivity index (χ4n) is 11.7. The SMILES string of the molecule is CC1(C)CC(N(C(=O)CCC(=O)N(C2CC(C)(C)NC(C)(C)C2)C2CC(C)(C)NC(C)(C)C2)C2CC(C)(C)NC(C)(C)C2)CC(C)(C)N1. The van der Waals surface area contributed by atoms with E-state index in [-0.39, 0.29) is 93.1 Å². The van der Waals surface area contributed by atoms with Gasteiger partial charge in [0.25, 0.3) is 0 Å². The van der Waals surface area contributed by atoms with Gasteiger partial charge in [0.2, 0.25) is 11.8 Å². The van der Waals surface area contributed by atoms with E-state index in [1.807, 2.05) is 0 Å². The standard InChI is InChI=1S/C40H76N6O2/c1-33(2)19-27(20-34(3,4)41-33)45(28-21-35(5,6)42-36(7,8)22-28)31(47)17-18-32(48)46(29-23-37(9,10)43-38(11,12)24-29)30-25-39(13,14)44-40(15,16)26-30/h27-30,41-44H,17-26H2,1-16H3. The molecule has 0 radical (unpaired) electrons. The lowest BCUT2D eigenvalue weighted by molar-refractivity contribution is -0.147. The predicted molar refractivity (Wildman–Crippen MR) is 200 cm³/mol. The first-order valence-corrected chi connectivity index (χ1v) is 19.2. The van der Waals surface area contributed by atoms with Gasteiger partial charge in [0.05, 0.1) is 0 Å². The number of carbonyl (C=O) groups is 2. The van der Waals surface area contributed by atoms with Crippen LogP contribution < -0.4 is 21.3 Å². The van der Waals surface area contributed by atoms with E-state index in [0.717, 1.165) is 51.4 Å². The number of nitrogens with zero attached hydrogens (tertiary/aromatic N) is 2. The van der Waals surface area contributed by atoms with Gasteiger partial charge in [-0.15, -0.1) is 0 Å². The highest BCUT2D eigenvalue weighted by Gasteiger charge is 2.49. The molecule has 0 aromatic carbocycles. The largest absolute Gasteiger partial charge is 0.336 e. The van der Waals surface area contributed by atoms with Gasteiger partial charge < -0.3 is 31.1 Å². The molecule has 4 fully saturated rings. The first-order valence-electron chi connectivity index (χ1n) is 19.2. The van der Waals surface area contributed by atoms with Crippen LogP contribution in [-0.4, -0.2) is 90.1 Å². The second-order valence-corrected chi connectivity index (χ2v) is 21.9. The summed E-state index contributed by atoms with van der Waals surface area (Å²) in [5.74, 6) is 0.300. The van der Waals surface area contributed by atoms with Gasteiger partial charge in [-0.2, -0.15) is 0 Å². The highest BCUT2D eigenvalue weighted by molar-refractivity contribution is 5.84. The Kier molecular flexibility index (Phi) is 10.5. The lowest BCUT2D eigenvalue weighted by atomic mass is 9.75. The van der Waals surface area contributed by atoms with Gasteiger partial charge in [-0.3, -0.25) is 9.59 Å². The summed E-state index contributed by atoms with van der Waals surface area (Å²) in [5.41, 5.74) is -0.676. The summed E-state index contributed by atoms with van der Waals surface area (Å²) in [4.78, 5) is 34.1. The van der Waals surface area contributed by atoms with Gasteiger partial charge in [-0.1, -0.05) is 0 Å². The molecule has 0 unspecified atom stereocenters. The van der Waals surface area contributed by atoms with Crippen molar-refractivity contribution >= 4 is 11.8 Å². The van der Waals surface area contributed by atoms with Gasteiger partial charge >= 0.3 is 0 Å². The molecule has 4 rings (SSSR count). The van der Waals surface area contributed by atoms with Crippen LogP contribution in [0.3, 0.4) is 0 Å². The number of piperidine rings is 4. The maximum absolute atomic E-state index is 14.8. The Bertz CT molecular complexity index is 966. The molecule has 0 aliphatic carbocycles. The van der Waals surface area contributed by atoms with Crippen molar-refractivity contribution in [3.63, 3.8) is 0 Å². The van der Waals surface area contributed by atoms with Crippen molar-refractivity contribution in [2.75, 3.05) is 0 Å². The van der Waals surface area contributed by atoms with Crippen LogP contribution >= 0.6 is 0 Å². The van der Waals surface area contributed by atoms with Crippen molar-refractivity contribution in [2.45, 2.75) is 243 Å². The molecule has 0 spiro atoms. The van der Waals surface area contributed by atoms with Crippen LogP contribution in [0.1, 0.15) is 175 Å². The number of rotatable bonds is 7. The lowest BCUT2D eigenvalue weighted by Crippen LogP contribution is -2.68.